The number of methoxy groups -OCH3 is 2. The third kappa shape index (κ3) is 4.31. The van der Waals surface area contributed by atoms with Gasteiger partial charge in [0.2, 0.25) is 0 Å². The number of hydrazone groups is 1. The molecule has 4 rings (SSSR count). The van der Waals surface area contributed by atoms with Gasteiger partial charge in [0.15, 0.2) is 0 Å². The van der Waals surface area contributed by atoms with Crippen LogP contribution in [0.2, 0.25) is 5.02 Å². The molecule has 1 atom stereocenters. The highest BCUT2D eigenvalue weighted by atomic mass is 35.5. The van der Waals surface area contributed by atoms with Crippen LogP contribution in [0.3, 0.4) is 0 Å². The molecule has 1 heterocycles. The summed E-state index contributed by atoms with van der Waals surface area (Å²) in [5, 5.41) is 5.11. The Balaban J connectivity index is 1.83. The molecule has 1 aliphatic rings. The number of ether oxygens (including phenoxy) is 2. The van der Waals surface area contributed by atoms with Crippen molar-refractivity contribution in [1.29, 1.82) is 0 Å². The number of benzene rings is 3. The van der Waals surface area contributed by atoms with Crippen molar-refractivity contribution in [3.8, 4) is 11.5 Å². The minimum absolute atomic E-state index is 0.184. The van der Waals surface area contributed by atoms with Crippen LogP contribution in [-0.4, -0.2) is 32.8 Å². The number of hydrogen-bond donors (Lipinski definition) is 0. The predicted molar refractivity (Wildman–Crippen MR) is 125 cm³/mol. The number of sulfonamides is 1. The van der Waals surface area contributed by atoms with Gasteiger partial charge in [-0.2, -0.15) is 17.9 Å². The van der Waals surface area contributed by atoms with E-state index in [2.05, 4.69) is 5.10 Å². The van der Waals surface area contributed by atoms with Crippen LogP contribution in [0.15, 0.2) is 76.7 Å². The van der Waals surface area contributed by atoms with Crippen LogP contribution in [0.5, 0.6) is 11.5 Å². The van der Waals surface area contributed by atoms with Crippen LogP contribution in [0.25, 0.3) is 0 Å². The van der Waals surface area contributed by atoms with E-state index in [1.54, 1.807) is 62.8 Å². The molecule has 0 radical (unpaired) electrons. The first-order valence-electron chi connectivity index (χ1n) is 9.99. The zero-order chi connectivity index (χ0) is 22.9. The number of rotatable bonds is 6. The lowest BCUT2D eigenvalue weighted by Gasteiger charge is -2.23. The van der Waals surface area contributed by atoms with Gasteiger partial charge in [0.1, 0.15) is 11.5 Å². The minimum atomic E-state index is -3.90. The molecule has 0 spiro atoms. The van der Waals surface area contributed by atoms with Gasteiger partial charge < -0.3 is 9.47 Å². The summed E-state index contributed by atoms with van der Waals surface area (Å²) in [6.07, 6.45) is 0.377. The highest BCUT2D eigenvalue weighted by Crippen LogP contribution is 2.38. The summed E-state index contributed by atoms with van der Waals surface area (Å²) in [7, 11) is -0.763. The topological polar surface area (TPSA) is 68.2 Å². The third-order valence-corrected chi connectivity index (χ3v) is 7.29. The lowest BCUT2D eigenvalue weighted by molar-refractivity contribution is 0.371. The van der Waals surface area contributed by atoms with Gasteiger partial charge in [-0.3, -0.25) is 0 Å². The Morgan fingerprint density at radius 3 is 2.22 bits per heavy atom. The zero-order valence-corrected chi connectivity index (χ0v) is 19.5. The molecule has 0 saturated heterocycles. The Hall–Kier alpha value is -3.03. The second-order valence-electron chi connectivity index (χ2n) is 7.51. The maximum Gasteiger partial charge on any atom is 0.279 e. The smallest absolute Gasteiger partial charge is 0.279 e. The average Bonchev–Trinajstić information content (AvgIpc) is 3.25. The van der Waals surface area contributed by atoms with Gasteiger partial charge in [-0.1, -0.05) is 41.4 Å². The number of hydrogen-bond acceptors (Lipinski definition) is 5. The summed E-state index contributed by atoms with van der Waals surface area (Å²) < 4.78 is 39.1. The van der Waals surface area contributed by atoms with Gasteiger partial charge in [0, 0.05) is 23.1 Å². The molecule has 3 aromatic carbocycles. The highest BCUT2D eigenvalue weighted by Gasteiger charge is 2.38. The number of aryl methyl sites for hydroxylation is 1. The van der Waals surface area contributed by atoms with E-state index in [0.29, 0.717) is 28.7 Å². The van der Waals surface area contributed by atoms with Gasteiger partial charge in [0.05, 0.1) is 30.9 Å². The third-order valence-electron chi connectivity index (χ3n) is 5.36. The summed E-state index contributed by atoms with van der Waals surface area (Å²) in [5.41, 5.74) is 3.09. The summed E-state index contributed by atoms with van der Waals surface area (Å²) >= 11 is 6.21. The lowest BCUT2D eigenvalue weighted by Crippen LogP contribution is -2.27. The second kappa shape index (κ2) is 8.84. The van der Waals surface area contributed by atoms with E-state index in [4.69, 9.17) is 21.1 Å². The van der Waals surface area contributed by atoms with Crippen molar-refractivity contribution in [3.05, 3.63) is 88.4 Å². The molecule has 8 heteroatoms. The van der Waals surface area contributed by atoms with E-state index in [9.17, 15) is 8.42 Å². The Morgan fingerprint density at radius 2 is 1.62 bits per heavy atom. The highest BCUT2D eigenvalue weighted by molar-refractivity contribution is 7.89. The molecule has 1 unspecified atom stereocenters. The van der Waals surface area contributed by atoms with Gasteiger partial charge >= 0.3 is 0 Å². The summed E-state index contributed by atoms with van der Waals surface area (Å²) in [6, 6.07) is 18.8. The molecule has 6 nitrogen and oxygen atoms in total. The maximum absolute atomic E-state index is 13.6. The molecular formula is C24H23ClN2O4S. The quantitative estimate of drug-likeness (QED) is 0.496. The van der Waals surface area contributed by atoms with Crippen molar-refractivity contribution >= 4 is 27.3 Å². The summed E-state index contributed by atoms with van der Waals surface area (Å²) in [4.78, 5) is 0.184. The van der Waals surface area contributed by atoms with Gasteiger partial charge in [-0.25, -0.2) is 0 Å². The van der Waals surface area contributed by atoms with Crippen molar-refractivity contribution in [2.24, 2.45) is 5.10 Å². The largest absolute Gasteiger partial charge is 0.497 e. The van der Waals surface area contributed by atoms with Crippen LogP contribution in [-0.2, 0) is 10.0 Å². The first kappa shape index (κ1) is 22.2. The van der Waals surface area contributed by atoms with Crippen LogP contribution >= 0.6 is 11.6 Å². The van der Waals surface area contributed by atoms with Crippen molar-refractivity contribution in [2.45, 2.75) is 24.3 Å². The van der Waals surface area contributed by atoms with Crippen molar-refractivity contribution in [1.82, 2.24) is 4.41 Å². The fourth-order valence-electron chi connectivity index (χ4n) is 3.64. The Bertz CT molecular complexity index is 1250. The van der Waals surface area contributed by atoms with Crippen molar-refractivity contribution in [3.63, 3.8) is 0 Å². The molecule has 0 saturated carbocycles. The van der Waals surface area contributed by atoms with Crippen LogP contribution in [0, 0.1) is 6.92 Å². The summed E-state index contributed by atoms with van der Waals surface area (Å²) in [6.45, 7) is 1.91. The first-order valence-corrected chi connectivity index (χ1v) is 11.8. The zero-order valence-electron chi connectivity index (χ0n) is 17.9. The van der Waals surface area contributed by atoms with Crippen LogP contribution < -0.4 is 9.47 Å². The van der Waals surface area contributed by atoms with Crippen LogP contribution in [0.4, 0.5) is 0 Å². The fourth-order valence-corrected chi connectivity index (χ4v) is 5.27. The molecule has 0 N–H and O–H groups in total. The molecule has 32 heavy (non-hydrogen) atoms. The van der Waals surface area contributed by atoms with E-state index < -0.39 is 16.1 Å². The second-order valence-corrected chi connectivity index (χ2v) is 9.75. The minimum Gasteiger partial charge on any atom is -0.497 e. The standard InChI is InChI=1S/C24H23ClN2O4S/c1-16-7-9-22(10-8-16)32(28,29)27-24(17-5-4-6-19(25)11-17)15-23(26-27)18-12-20(30-2)14-21(13-18)31-3/h4-14,24H,15H2,1-3H3. The predicted octanol–water partition coefficient (Wildman–Crippen LogP) is 5.21. The van der Waals surface area contributed by atoms with E-state index in [0.717, 1.165) is 16.7 Å². The van der Waals surface area contributed by atoms with Crippen molar-refractivity contribution < 1.29 is 17.9 Å². The van der Waals surface area contributed by atoms with E-state index >= 15 is 0 Å². The fraction of sp³-hybridized carbons (Fsp3) is 0.208. The molecule has 0 bridgehead atoms. The average molecular weight is 471 g/mol. The van der Waals surface area contributed by atoms with Crippen LogP contribution in [0.1, 0.15) is 29.2 Å². The summed E-state index contributed by atoms with van der Waals surface area (Å²) in [5.74, 6) is 1.20. The van der Waals surface area contributed by atoms with Crippen molar-refractivity contribution in [2.75, 3.05) is 14.2 Å². The normalized spacial score (nSPS) is 16.1. The monoisotopic (exact) mass is 470 g/mol. The van der Waals surface area contributed by atoms with Gasteiger partial charge in [-0.05, 0) is 48.9 Å². The van der Waals surface area contributed by atoms with Gasteiger partial charge in [-0.15, -0.1) is 0 Å². The molecule has 1 aliphatic heterocycles. The molecule has 0 fully saturated rings. The molecule has 3 aromatic rings. The molecule has 0 aliphatic carbocycles. The SMILES string of the molecule is COc1cc(OC)cc(C2=NN(S(=O)(=O)c3ccc(C)cc3)C(c3cccc(Cl)c3)C2)c1. The number of halogens is 1. The molecule has 166 valence electrons. The lowest BCUT2D eigenvalue weighted by atomic mass is 9.99. The molecule has 0 aromatic heterocycles. The molecular weight excluding hydrogens is 448 g/mol. The first-order chi connectivity index (χ1) is 15.3. The number of nitrogens with zero attached hydrogens (tertiary/aromatic N) is 2. The maximum atomic E-state index is 13.6. The van der Waals surface area contributed by atoms with E-state index in [-0.39, 0.29) is 4.90 Å². The Morgan fingerprint density at radius 1 is 0.969 bits per heavy atom. The van der Waals surface area contributed by atoms with E-state index in [1.807, 2.05) is 25.1 Å². The van der Waals surface area contributed by atoms with E-state index in [1.165, 1.54) is 4.41 Å². The molecule has 0 amide bonds. The Labute approximate surface area is 193 Å². The van der Waals surface area contributed by atoms with Gasteiger partial charge in [0.25, 0.3) is 10.0 Å². The Kier molecular flexibility index (Phi) is 6.13.